The van der Waals surface area contributed by atoms with Gasteiger partial charge in [-0.15, -0.1) is 0 Å². The molecule has 0 bridgehead atoms. The molecule has 0 saturated carbocycles. The third kappa shape index (κ3) is 4.61. The number of carbonyl (C=O) groups is 1. The van der Waals surface area contributed by atoms with Gasteiger partial charge in [0.15, 0.2) is 5.16 Å². The van der Waals surface area contributed by atoms with Gasteiger partial charge in [-0.3, -0.25) is 4.79 Å². The van der Waals surface area contributed by atoms with Crippen LogP contribution >= 0.6 is 23.4 Å². The van der Waals surface area contributed by atoms with Gasteiger partial charge in [0.1, 0.15) is 5.82 Å². The van der Waals surface area contributed by atoms with Crippen LogP contribution in [-0.4, -0.2) is 21.6 Å². The highest BCUT2D eigenvalue weighted by Gasteiger charge is 2.07. The molecule has 2 rings (SSSR count). The molecule has 1 amide bonds. The lowest BCUT2D eigenvalue weighted by molar-refractivity contribution is -0.113. The summed E-state index contributed by atoms with van der Waals surface area (Å²) < 4.78 is 0. The Hall–Kier alpha value is -1.79. The Morgan fingerprint density at radius 2 is 2.10 bits per heavy atom. The molecule has 0 spiro atoms. The van der Waals surface area contributed by atoms with Gasteiger partial charge in [-0.05, 0) is 31.5 Å². The van der Waals surface area contributed by atoms with E-state index in [1.807, 2.05) is 26.0 Å². The molecule has 0 aliphatic rings. The number of aryl methyl sites for hydroxylation is 2. The lowest BCUT2D eigenvalue weighted by Gasteiger charge is -2.07. The van der Waals surface area contributed by atoms with Gasteiger partial charge < -0.3 is 11.1 Å². The highest BCUT2D eigenvalue weighted by Crippen LogP contribution is 2.21. The number of benzene rings is 1. The molecule has 0 saturated heterocycles. The number of amides is 1. The van der Waals surface area contributed by atoms with Gasteiger partial charge in [-0.2, -0.15) is 0 Å². The van der Waals surface area contributed by atoms with Crippen molar-refractivity contribution < 1.29 is 4.79 Å². The van der Waals surface area contributed by atoms with E-state index in [2.05, 4.69) is 15.3 Å². The Morgan fingerprint density at radius 1 is 1.33 bits per heavy atom. The van der Waals surface area contributed by atoms with Crippen LogP contribution in [0.4, 0.5) is 11.5 Å². The predicted octanol–water partition coefficient (Wildman–Crippen LogP) is 3.06. The number of thioether (sulfide) groups is 1. The Bertz CT molecular complexity index is 658. The Balaban J connectivity index is 1.94. The van der Waals surface area contributed by atoms with Crippen LogP contribution in [0.1, 0.15) is 11.3 Å². The van der Waals surface area contributed by atoms with E-state index >= 15 is 0 Å². The van der Waals surface area contributed by atoms with E-state index in [0.717, 1.165) is 11.3 Å². The molecular formula is C14H15ClN4OS. The zero-order valence-electron chi connectivity index (χ0n) is 11.7. The van der Waals surface area contributed by atoms with E-state index in [1.165, 1.54) is 11.8 Å². The van der Waals surface area contributed by atoms with Gasteiger partial charge >= 0.3 is 0 Å². The monoisotopic (exact) mass is 322 g/mol. The molecular weight excluding hydrogens is 308 g/mol. The fourth-order valence-electron chi connectivity index (χ4n) is 1.63. The van der Waals surface area contributed by atoms with Gasteiger partial charge in [-0.1, -0.05) is 29.4 Å². The summed E-state index contributed by atoms with van der Waals surface area (Å²) in [6, 6.07) is 7.07. The fraction of sp³-hybridized carbons (Fsp3) is 0.214. The van der Waals surface area contributed by atoms with E-state index in [9.17, 15) is 4.79 Å². The summed E-state index contributed by atoms with van der Waals surface area (Å²) in [5, 5.41) is 3.89. The molecule has 0 unspecified atom stereocenters. The first-order chi connectivity index (χ1) is 9.94. The van der Waals surface area contributed by atoms with Crippen LogP contribution in [-0.2, 0) is 4.79 Å². The van der Waals surface area contributed by atoms with Crippen molar-refractivity contribution in [1.29, 1.82) is 0 Å². The van der Waals surface area contributed by atoms with Crippen molar-refractivity contribution in [1.82, 2.24) is 9.97 Å². The smallest absolute Gasteiger partial charge is 0.234 e. The highest BCUT2D eigenvalue weighted by molar-refractivity contribution is 7.99. The van der Waals surface area contributed by atoms with Crippen molar-refractivity contribution in [3.05, 3.63) is 40.5 Å². The molecule has 7 heteroatoms. The SMILES string of the molecule is Cc1cc(N)nc(SCC(=O)Nc2ccc(C)c(Cl)c2)n1. The molecule has 2 aromatic rings. The van der Waals surface area contributed by atoms with E-state index in [1.54, 1.807) is 12.1 Å². The van der Waals surface area contributed by atoms with Crippen LogP contribution in [0.2, 0.25) is 5.02 Å². The quantitative estimate of drug-likeness (QED) is 0.668. The van der Waals surface area contributed by atoms with Gasteiger partial charge in [0.25, 0.3) is 0 Å². The first kappa shape index (κ1) is 15.6. The molecule has 0 fully saturated rings. The number of nitrogen functional groups attached to an aromatic ring is 1. The molecule has 21 heavy (non-hydrogen) atoms. The molecule has 110 valence electrons. The number of halogens is 1. The van der Waals surface area contributed by atoms with Crippen molar-refractivity contribution in [2.45, 2.75) is 19.0 Å². The first-order valence-electron chi connectivity index (χ1n) is 6.24. The van der Waals surface area contributed by atoms with Gasteiger partial charge in [0.05, 0.1) is 5.75 Å². The van der Waals surface area contributed by atoms with E-state index in [-0.39, 0.29) is 11.7 Å². The Morgan fingerprint density at radius 3 is 2.76 bits per heavy atom. The third-order valence-electron chi connectivity index (χ3n) is 2.64. The zero-order valence-corrected chi connectivity index (χ0v) is 13.3. The molecule has 0 aliphatic carbocycles. The van der Waals surface area contributed by atoms with Crippen LogP contribution in [0.5, 0.6) is 0 Å². The van der Waals surface area contributed by atoms with E-state index < -0.39 is 0 Å². The maximum absolute atomic E-state index is 11.9. The number of nitrogens with two attached hydrogens (primary N) is 1. The van der Waals surface area contributed by atoms with Crippen LogP contribution in [0, 0.1) is 13.8 Å². The van der Waals surface area contributed by atoms with Gasteiger partial charge in [0, 0.05) is 22.5 Å². The maximum atomic E-state index is 11.9. The maximum Gasteiger partial charge on any atom is 0.234 e. The number of anilines is 2. The van der Waals surface area contributed by atoms with Gasteiger partial charge in [-0.25, -0.2) is 9.97 Å². The van der Waals surface area contributed by atoms with Gasteiger partial charge in [0.2, 0.25) is 5.91 Å². The second-order valence-electron chi connectivity index (χ2n) is 4.52. The average molecular weight is 323 g/mol. The third-order valence-corrected chi connectivity index (χ3v) is 3.90. The molecule has 1 aromatic heterocycles. The number of nitrogens with one attached hydrogen (secondary N) is 1. The Labute approximate surface area is 132 Å². The molecule has 0 aliphatic heterocycles. The number of hydrogen-bond donors (Lipinski definition) is 2. The van der Waals surface area contributed by atoms with Crippen molar-refractivity contribution in [3.8, 4) is 0 Å². The lowest BCUT2D eigenvalue weighted by Crippen LogP contribution is -2.14. The van der Waals surface area contributed by atoms with Crippen molar-refractivity contribution in [2.24, 2.45) is 0 Å². The highest BCUT2D eigenvalue weighted by atomic mass is 35.5. The second kappa shape index (κ2) is 6.78. The van der Waals surface area contributed by atoms with Crippen molar-refractivity contribution in [3.63, 3.8) is 0 Å². The summed E-state index contributed by atoms with van der Waals surface area (Å²) >= 11 is 7.25. The topological polar surface area (TPSA) is 80.9 Å². The lowest BCUT2D eigenvalue weighted by atomic mass is 10.2. The summed E-state index contributed by atoms with van der Waals surface area (Å²) in [5.74, 6) is 0.452. The zero-order chi connectivity index (χ0) is 15.4. The molecule has 5 nitrogen and oxygen atoms in total. The van der Waals surface area contributed by atoms with Crippen LogP contribution < -0.4 is 11.1 Å². The largest absolute Gasteiger partial charge is 0.384 e. The first-order valence-corrected chi connectivity index (χ1v) is 7.60. The number of nitrogens with zero attached hydrogens (tertiary/aromatic N) is 2. The minimum absolute atomic E-state index is 0.149. The van der Waals surface area contributed by atoms with Crippen LogP contribution in [0.15, 0.2) is 29.4 Å². The number of rotatable bonds is 4. The fourth-order valence-corrected chi connectivity index (χ4v) is 2.52. The summed E-state index contributed by atoms with van der Waals surface area (Å²) in [6.07, 6.45) is 0. The molecule has 0 atom stereocenters. The molecule has 1 heterocycles. The number of aromatic nitrogens is 2. The molecule has 3 N–H and O–H groups in total. The Kier molecular flexibility index (Phi) is 5.03. The minimum Gasteiger partial charge on any atom is -0.384 e. The predicted molar refractivity (Wildman–Crippen MR) is 86.7 cm³/mol. The van der Waals surface area contributed by atoms with Crippen molar-refractivity contribution >= 4 is 40.8 Å². The standard InChI is InChI=1S/C14H15ClN4OS/c1-8-3-4-10(6-11(8)15)18-13(20)7-21-14-17-9(2)5-12(16)19-14/h3-6H,7H2,1-2H3,(H,18,20)(H2,16,17,19). The van der Waals surface area contributed by atoms with Crippen molar-refractivity contribution in [2.75, 3.05) is 16.8 Å². The minimum atomic E-state index is -0.149. The van der Waals surface area contributed by atoms with Crippen LogP contribution in [0.25, 0.3) is 0 Å². The molecule has 0 radical (unpaired) electrons. The molecule has 1 aromatic carbocycles. The number of hydrogen-bond acceptors (Lipinski definition) is 5. The van der Waals surface area contributed by atoms with E-state index in [0.29, 0.717) is 21.7 Å². The summed E-state index contributed by atoms with van der Waals surface area (Å²) in [7, 11) is 0. The number of carbonyl (C=O) groups excluding carboxylic acids is 1. The average Bonchev–Trinajstić information content (AvgIpc) is 2.40. The van der Waals surface area contributed by atoms with Crippen LogP contribution in [0.3, 0.4) is 0 Å². The normalized spacial score (nSPS) is 10.4. The summed E-state index contributed by atoms with van der Waals surface area (Å²) in [4.78, 5) is 20.2. The van der Waals surface area contributed by atoms with E-state index in [4.69, 9.17) is 17.3 Å². The summed E-state index contributed by atoms with van der Waals surface area (Å²) in [6.45, 7) is 3.74. The summed E-state index contributed by atoms with van der Waals surface area (Å²) in [5.41, 5.74) is 8.05. The second-order valence-corrected chi connectivity index (χ2v) is 5.87.